The normalized spacial score (nSPS) is 34.5. The zero-order valence-corrected chi connectivity index (χ0v) is 33.0. The number of rotatable bonds is 8. The summed E-state index contributed by atoms with van der Waals surface area (Å²) in [6, 6.07) is 16.3. The van der Waals surface area contributed by atoms with E-state index in [1.165, 1.54) is 33.2 Å². The number of fused-ring (bicyclic) bond motifs is 9. The zero-order chi connectivity index (χ0) is 37.5. The lowest BCUT2D eigenvalue weighted by Gasteiger charge is -2.61. The second-order valence-corrected chi connectivity index (χ2v) is 17.3. The number of nitrogens with one attached hydrogen (secondary N) is 2. The monoisotopic (exact) mass is 734 g/mol. The van der Waals surface area contributed by atoms with E-state index in [0.717, 1.165) is 87.8 Å². The van der Waals surface area contributed by atoms with E-state index < -0.39 is 5.41 Å². The lowest BCUT2D eigenvalue weighted by atomic mass is 9.54. The van der Waals surface area contributed by atoms with E-state index in [0.29, 0.717) is 23.8 Å². The van der Waals surface area contributed by atoms with E-state index in [1.54, 1.807) is 21.3 Å². The Balaban J connectivity index is 1.20. The topological polar surface area (TPSA) is 99.9 Å². The van der Waals surface area contributed by atoms with Gasteiger partial charge < -0.3 is 29.1 Å². The molecule has 0 spiro atoms. The molecule has 6 bridgehead atoms. The standard InChI is InChI=1S/C45H58N4O5/c1-7-25-19-28-23-45(44(51)54-6)41-31(15-17-49(42(25)45)37(28)16-18-52-4)30-14-13-27(20-36(30)47-41)33-21-32-26(8-2)24-48(3)38(39(32)43(50)53-5)22-34-29-11-9-10-12-35(29)46-40(33)34/h9-14,20,25-26,28,32-33,37-39,42,46-47H,7-8,15-19,21-24H2,1-6H3/t25-,26+,28-,32+,33-,37+,38-,39-,42-,45+/m0/s1. The van der Waals surface area contributed by atoms with Gasteiger partial charge in [-0.2, -0.15) is 0 Å². The van der Waals surface area contributed by atoms with Crippen LogP contribution in [-0.4, -0.2) is 97.9 Å². The number of hydrogen-bond donors (Lipinski definition) is 2. The average molecular weight is 735 g/mol. The van der Waals surface area contributed by atoms with E-state index in [2.05, 4.69) is 83.1 Å². The Labute approximate surface area is 319 Å². The summed E-state index contributed by atoms with van der Waals surface area (Å²) in [5, 5.41) is 2.45. The van der Waals surface area contributed by atoms with Gasteiger partial charge >= 0.3 is 11.9 Å². The van der Waals surface area contributed by atoms with Gasteiger partial charge in [-0.3, -0.25) is 14.5 Å². The van der Waals surface area contributed by atoms with Gasteiger partial charge in [-0.25, -0.2) is 0 Å². The van der Waals surface area contributed by atoms with Crippen LogP contribution in [-0.2, 0) is 42.1 Å². The van der Waals surface area contributed by atoms with Gasteiger partial charge in [-0.1, -0.05) is 57.0 Å². The van der Waals surface area contributed by atoms with Crippen LogP contribution in [0, 0.1) is 29.6 Å². The minimum Gasteiger partial charge on any atom is -0.469 e. The first-order valence-corrected chi connectivity index (χ1v) is 20.6. The Morgan fingerprint density at radius 3 is 2.48 bits per heavy atom. The van der Waals surface area contributed by atoms with Crippen molar-refractivity contribution in [3.8, 4) is 0 Å². The fraction of sp³-hybridized carbons (Fsp3) is 0.600. The SMILES string of the molecule is CC[C@@H]1CN(C)[C@H]2Cc3c([nH]c4ccccc34)[C@H](c3ccc4c5c([nH]c4c3)[C@]3(C(=O)OC)C[C@@H]4C[C@H](CC)[C@@H]3N(CC5)[C@@H]4CCOC)C[C@H]1[C@@H]2C(=O)OC. The van der Waals surface area contributed by atoms with Crippen molar-refractivity contribution in [1.29, 1.82) is 0 Å². The number of benzene rings is 2. The molecule has 4 aromatic rings. The quantitative estimate of drug-likeness (QED) is 0.189. The Hall–Kier alpha value is -3.66. The van der Waals surface area contributed by atoms with Gasteiger partial charge in [-0.15, -0.1) is 0 Å². The molecule has 54 heavy (non-hydrogen) atoms. The molecule has 6 aliphatic rings. The third-order valence-corrected chi connectivity index (χ3v) is 15.2. The highest BCUT2D eigenvalue weighted by atomic mass is 16.5. The molecule has 1 unspecified atom stereocenters. The number of likely N-dealkylation sites (tertiary alicyclic amines) is 1. The number of para-hydroxylation sites is 1. The van der Waals surface area contributed by atoms with Crippen molar-refractivity contribution in [1.82, 2.24) is 19.8 Å². The third kappa shape index (κ3) is 5.20. The fourth-order valence-corrected chi connectivity index (χ4v) is 13.0. The minimum atomic E-state index is -0.733. The number of aromatic amines is 2. The van der Waals surface area contributed by atoms with Gasteiger partial charge in [0.1, 0.15) is 5.41 Å². The molecular formula is C45H58N4O5. The molecule has 10 rings (SSSR count). The number of aromatic nitrogens is 2. The fourth-order valence-electron chi connectivity index (χ4n) is 13.0. The molecule has 9 heteroatoms. The van der Waals surface area contributed by atoms with Crippen molar-refractivity contribution in [2.45, 2.75) is 94.7 Å². The van der Waals surface area contributed by atoms with E-state index in [-0.39, 0.29) is 41.8 Å². The summed E-state index contributed by atoms with van der Waals surface area (Å²) in [5.74, 6) is 1.10. The molecular weight excluding hydrogens is 677 g/mol. The first-order valence-electron chi connectivity index (χ1n) is 20.6. The van der Waals surface area contributed by atoms with Gasteiger partial charge in [-0.05, 0) is 98.1 Å². The number of carbonyl (C=O) groups excluding carboxylic acids is 2. The number of nitrogens with zero attached hydrogens (tertiary/aromatic N) is 2. The summed E-state index contributed by atoms with van der Waals surface area (Å²) < 4.78 is 17.0. The molecule has 2 aliphatic carbocycles. The smallest absolute Gasteiger partial charge is 0.319 e. The van der Waals surface area contributed by atoms with Crippen LogP contribution in [0.3, 0.4) is 0 Å². The van der Waals surface area contributed by atoms with Gasteiger partial charge in [0, 0.05) is 84.0 Å². The third-order valence-electron chi connectivity index (χ3n) is 15.2. The van der Waals surface area contributed by atoms with Gasteiger partial charge in [0.25, 0.3) is 0 Å². The second-order valence-electron chi connectivity index (χ2n) is 17.3. The maximum absolute atomic E-state index is 14.4. The number of piperidine rings is 3. The summed E-state index contributed by atoms with van der Waals surface area (Å²) in [5.41, 5.74) is 7.69. The Bertz CT molecular complexity index is 2070. The Morgan fingerprint density at radius 2 is 1.72 bits per heavy atom. The van der Waals surface area contributed by atoms with Crippen LogP contribution in [0.1, 0.15) is 86.4 Å². The lowest BCUT2D eigenvalue weighted by Crippen LogP contribution is -2.70. The number of methoxy groups -OCH3 is 3. The zero-order valence-electron chi connectivity index (χ0n) is 33.0. The van der Waals surface area contributed by atoms with Crippen molar-refractivity contribution in [3.05, 3.63) is 70.5 Å². The Morgan fingerprint density at radius 1 is 0.926 bits per heavy atom. The van der Waals surface area contributed by atoms with Crippen molar-refractivity contribution < 1.29 is 23.8 Å². The van der Waals surface area contributed by atoms with Crippen LogP contribution in [0.25, 0.3) is 21.8 Å². The predicted molar refractivity (Wildman–Crippen MR) is 211 cm³/mol. The molecule has 11 atom stereocenters. The molecule has 0 amide bonds. The van der Waals surface area contributed by atoms with Crippen LogP contribution in [0.15, 0.2) is 42.5 Å². The molecule has 0 radical (unpaired) electrons. The van der Waals surface area contributed by atoms with Gasteiger partial charge in [0.15, 0.2) is 0 Å². The average Bonchev–Trinajstić information content (AvgIpc) is 3.71. The van der Waals surface area contributed by atoms with E-state index in [1.807, 2.05) is 0 Å². The molecule has 9 nitrogen and oxygen atoms in total. The molecule has 2 aromatic heterocycles. The molecule has 1 saturated carbocycles. The summed E-state index contributed by atoms with van der Waals surface area (Å²) >= 11 is 0. The number of esters is 2. The van der Waals surface area contributed by atoms with Gasteiger partial charge in [0.2, 0.25) is 0 Å². The van der Waals surface area contributed by atoms with Crippen LogP contribution in [0.5, 0.6) is 0 Å². The Kier molecular flexibility index (Phi) is 9.21. The first kappa shape index (κ1) is 36.0. The van der Waals surface area contributed by atoms with E-state index in [4.69, 9.17) is 14.2 Å². The van der Waals surface area contributed by atoms with E-state index >= 15 is 0 Å². The number of ether oxygens (including phenoxy) is 3. The highest BCUT2D eigenvalue weighted by Gasteiger charge is 2.65. The molecule has 288 valence electrons. The van der Waals surface area contributed by atoms with Crippen LogP contribution < -0.4 is 0 Å². The molecule has 2 N–H and O–H groups in total. The molecule has 3 saturated heterocycles. The predicted octanol–water partition coefficient (Wildman–Crippen LogP) is 6.97. The van der Waals surface area contributed by atoms with Crippen molar-refractivity contribution >= 4 is 33.7 Å². The number of likely N-dealkylation sites (N-methyl/N-ethyl adjacent to an activating group) is 1. The second kappa shape index (κ2) is 13.8. The summed E-state index contributed by atoms with van der Waals surface area (Å²) in [4.78, 5) is 41.2. The summed E-state index contributed by atoms with van der Waals surface area (Å²) in [7, 11) is 7.11. The van der Waals surface area contributed by atoms with Crippen molar-refractivity contribution in [2.24, 2.45) is 29.6 Å². The molecule has 2 aromatic carbocycles. The number of carbonyl (C=O) groups is 2. The summed E-state index contributed by atoms with van der Waals surface area (Å²) in [6.45, 7) is 7.20. The van der Waals surface area contributed by atoms with Crippen molar-refractivity contribution in [2.75, 3.05) is 48.1 Å². The van der Waals surface area contributed by atoms with Crippen LogP contribution >= 0.6 is 0 Å². The maximum atomic E-state index is 14.4. The number of hydrogen-bond acceptors (Lipinski definition) is 7. The molecule has 4 aliphatic heterocycles. The van der Waals surface area contributed by atoms with Gasteiger partial charge in [0.05, 0.1) is 20.1 Å². The van der Waals surface area contributed by atoms with E-state index in [9.17, 15) is 9.59 Å². The first-order chi connectivity index (χ1) is 26.3. The van der Waals surface area contributed by atoms with Crippen LogP contribution in [0.4, 0.5) is 0 Å². The number of H-pyrrole nitrogens is 2. The van der Waals surface area contributed by atoms with Crippen LogP contribution in [0.2, 0.25) is 0 Å². The summed E-state index contributed by atoms with van der Waals surface area (Å²) in [6.07, 6.45) is 7.57. The van der Waals surface area contributed by atoms with Crippen molar-refractivity contribution in [3.63, 3.8) is 0 Å². The minimum absolute atomic E-state index is 0.0669. The lowest BCUT2D eigenvalue weighted by molar-refractivity contribution is -0.169. The molecule has 6 heterocycles. The largest absolute Gasteiger partial charge is 0.469 e. The maximum Gasteiger partial charge on any atom is 0.319 e. The highest BCUT2D eigenvalue weighted by molar-refractivity contribution is 5.92. The highest BCUT2D eigenvalue weighted by Crippen LogP contribution is 2.58. The molecule has 4 fully saturated rings.